The summed E-state index contributed by atoms with van der Waals surface area (Å²) in [5.41, 5.74) is 3.46. The molecule has 1 aromatic rings. The van der Waals surface area contributed by atoms with E-state index in [2.05, 4.69) is 62.5 Å². The number of benzene rings is 1. The van der Waals surface area contributed by atoms with E-state index in [0.29, 0.717) is 17.8 Å². The zero-order valence-corrected chi connectivity index (χ0v) is 18.4. The predicted octanol–water partition coefficient (Wildman–Crippen LogP) is 6.44. The number of piperidine rings is 1. The van der Waals surface area contributed by atoms with Gasteiger partial charge in [0, 0.05) is 17.5 Å². The smallest absolute Gasteiger partial charge is 0.224 e. The summed E-state index contributed by atoms with van der Waals surface area (Å²) in [5, 5.41) is 3.27. The monoisotopic (exact) mass is 391 g/mol. The van der Waals surface area contributed by atoms with Crippen molar-refractivity contribution >= 4 is 5.91 Å². The van der Waals surface area contributed by atoms with E-state index in [-0.39, 0.29) is 11.3 Å². The molecule has 0 spiro atoms. The van der Waals surface area contributed by atoms with Crippen LogP contribution < -0.4 is 5.32 Å². The number of allylic oxidation sites excluding steroid dienone is 2. The van der Waals surface area contributed by atoms with Crippen molar-refractivity contribution in [1.29, 1.82) is 0 Å². The number of fused-ring (bicyclic) bond motifs is 5. The molecule has 2 saturated carbocycles. The van der Waals surface area contributed by atoms with E-state index in [1.165, 1.54) is 44.2 Å². The first-order valence-electron chi connectivity index (χ1n) is 12.0. The predicted molar refractivity (Wildman–Crippen MR) is 118 cm³/mol. The number of carbonyl (C=O) groups is 1. The number of amides is 1. The molecule has 1 heterocycles. The maximum absolute atomic E-state index is 12.1. The van der Waals surface area contributed by atoms with Gasteiger partial charge in [-0.05, 0) is 85.5 Å². The van der Waals surface area contributed by atoms with Crippen LogP contribution in [-0.4, -0.2) is 5.91 Å². The van der Waals surface area contributed by atoms with Crippen LogP contribution >= 0.6 is 0 Å². The molecule has 29 heavy (non-hydrogen) atoms. The SMILES string of the molecule is C[C@H]1C=C2NC(=O)CC[C@]2(C)C2CC[C@]3(C)CCC(c4ccccc4)CCC3C21. The highest BCUT2D eigenvalue weighted by Gasteiger charge is 2.56. The van der Waals surface area contributed by atoms with Crippen LogP contribution in [0.4, 0.5) is 0 Å². The molecule has 2 heteroatoms. The van der Waals surface area contributed by atoms with Crippen molar-refractivity contribution in [2.45, 2.75) is 78.1 Å². The van der Waals surface area contributed by atoms with E-state index in [1.54, 1.807) is 5.56 Å². The summed E-state index contributed by atoms with van der Waals surface area (Å²) in [6, 6.07) is 11.2. The quantitative estimate of drug-likeness (QED) is 0.586. The maximum atomic E-state index is 12.1. The molecular formula is C27H37NO. The van der Waals surface area contributed by atoms with E-state index >= 15 is 0 Å². The van der Waals surface area contributed by atoms with Gasteiger partial charge in [-0.1, -0.05) is 57.2 Å². The molecule has 1 N–H and O–H groups in total. The first-order valence-corrected chi connectivity index (χ1v) is 12.0. The Hall–Kier alpha value is -1.57. The van der Waals surface area contributed by atoms with Gasteiger partial charge in [-0.25, -0.2) is 0 Å². The van der Waals surface area contributed by atoms with Crippen molar-refractivity contribution in [3.63, 3.8) is 0 Å². The average Bonchev–Trinajstić information content (AvgIpc) is 2.89. The first-order chi connectivity index (χ1) is 13.9. The van der Waals surface area contributed by atoms with Gasteiger partial charge in [-0.2, -0.15) is 0 Å². The summed E-state index contributed by atoms with van der Waals surface area (Å²) in [7, 11) is 0. The number of hydrogen-bond acceptors (Lipinski definition) is 1. The van der Waals surface area contributed by atoms with Crippen LogP contribution in [0.2, 0.25) is 0 Å². The van der Waals surface area contributed by atoms with E-state index in [9.17, 15) is 4.79 Å². The highest BCUT2D eigenvalue weighted by molar-refractivity contribution is 5.79. The second kappa shape index (κ2) is 7.00. The van der Waals surface area contributed by atoms with Gasteiger partial charge in [0.1, 0.15) is 0 Å². The average molecular weight is 392 g/mol. The standard InChI is InChI=1S/C27H37NO/c1-18-17-23-27(3,16-13-24(29)28-23)22-12-15-26(2)14-11-20(9-10-21(26)25(18)22)19-7-5-4-6-8-19/h4-8,17-18,20-22,25H,9-16H2,1-3H3,(H,28,29)/t18-,20?,21?,22?,25?,26-,27+/m0/s1. The van der Waals surface area contributed by atoms with Crippen molar-refractivity contribution < 1.29 is 4.79 Å². The van der Waals surface area contributed by atoms with Gasteiger partial charge in [-0.3, -0.25) is 4.79 Å². The molecule has 3 aliphatic carbocycles. The van der Waals surface area contributed by atoms with Gasteiger partial charge >= 0.3 is 0 Å². The van der Waals surface area contributed by atoms with Crippen LogP contribution in [0.3, 0.4) is 0 Å². The molecule has 4 unspecified atom stereocenters. The molecule has 1 saturated heterocycles. The third kappa shape index (κ3) is 3.09. The van der Waals surface area contributed by atoms with E-state index < -0.39 is 0 Å². The lowest BCUT2D eigenvalue weighted by atomic mass is 9.46. The number of hydrogen-bond donors (Lipinski definition) is 1. The maximum Gasteiger partial charge on any atom is 0.224 e. The van der Waals surface area contributed by atoms with Gasteiger partial charge in [0.2, 0.25) is 5.91 Å². The molecule has 1 amide bonds. The molecule has 0 bridgehead atoms. The van der Waals surface area contributed by atoms with Crippen LogP contribution in [0, 0.1) is 34.5 Å². The number of carbonyl (C=O) groups excluding carboxylic acids is 1. The van der Waals surface area contributed by atoms with Gasteiger partial charge in [0.05, 0.1) is 0 Å². The summed E-state index contributed by atoms with van der Waals surface area (Å²) in [6.07, 6.45) is 12.3. The first kappa shape index (κ1) is 19.4. The lowest BCUT2D eigenvalue weighted by Crippen LogP contribution is -2.55. The van der Waals surface area contributed by atoms with Crippen LogP contribution in [0.25, 0.3) is 0 Å². The number of rotatable bonds is 1. The van der Waals surface area contributed by atoms with Crippen molar-refractivity contribution in [2.24, 2.45) is 34.5 Å². The molecule has 1 aliphatic heterocycles. The third-order valence-electron chi connectivity index (χ3n) is 9.63. The summed E-state index contributed by atoms with van der Waals surface area (Å²) in [6.45, 7) is 7.49. The summed E-state index contributed by atoms with van der Waals surface area (Å²) < 4.78 is 0. The molecule has 7 atom stereocenters. The number of nitrogens with one attached hydrogen (secondary N) is 1. The van der Waals surface area contributed by atoms with Gasteiger partial charge in [-0.15, -0.1) is 0 Å². The van der Waals surface area contributed by atoms with Crippen molar-refractivity contribution in [3.8, 4) is 0 Å². The van der Waals surface area contributed by atoms with Crippen LogP contribution in [-0.2, 0) is 4.79 Å². The van der Waals surface area contributed by atoms with Crippen molar-refractivity contribution in [2.75, 3.05) is 0 Å². The topological polar surface area (TPSA) is 29.1 Å². The minimum absolute atomic E-state index is 0.178. The fourth-order valence-electron chi connectivity index (χ4n) is 7.88. The molecule has 0 aromatic heterocycles. The van der Waals surface area contributed by atoms with Crippen LogP contribution in [0.1, 0.15) is 83.6 Å². The zero-order valence-electron chi connectivity index (χ0n) is 18.4. The fraction of sp³-hybridized carbons (Fsp3) is 0.667. The lowest BCUT2D eigenvalue weighted by Gasteiger charge is -2.59. The second-order valence-electron chi connectivity index (χ2n) is 11.1. The molecular weight excluding hydrogens is 354 g/mol. The summed E-state index contributed by atoms with van der Waals surface area (Å²) in [4.78, 5) is 12.1. The van der Waals surface area contributed by atoms with E-state index in [4.69, 9.17) is 0 Å². The Bertz CT molecular complexity index is 813. The van der Waals surface area contributed by atoms with Gasteiger partial charge in [0.25, 0.3) is 0 Å². The Kier molecular flexibility index (Phi) is 4.68. The zero-order chi connectivity index (χ0) is 20.2. The van der Waals surface area contributed by atoms with Gasteiger partial charge < -0.3 is 5.32 Å². The fourth-order valence-corrected chi connectivity index (χ4v) is 7.88. The molecule has 1 aromatic carbocycles. The summed E-state index contributed by atoms with van der Waals surface area (Å²) >= 11 is 0. The van der Waals surface area contributed by atoms with E-state index in [1.807, 2.05) is 0 Å². The largest absolute Gasteiger partial charge is 0.330 e. The van der Waals surface area contributed by atoms with Crippen molar-refractivity contribution in [1.82, 2.24) is 5.32 Å². The highest BCUT2D eigenvalue weighted by atomic mass is 16.1. The Morgan fingerprint density at radius 1 is 0.931 bits per heavy atom. The molecule has 156 valence electrons. The Morgan fingerprint density at radius 2 is 1.69 bits per heavy atom. The molecule has 4 aliphatic rings. The molecule has 5 rings (SSSR count). The van der Waals surface area contributed by atoms with E-state index in [0.717, 1.165) is 30.1 Å². The highest BCUT2D eigenvalue weighted by Crippen LogP contribution is 2.64. The van der Waals surface area contributed by atoms with Crippen LogP contribution in [0.5, 0.6) is 0 Å². The lowest BCUT2D eigenvalue weighted by molar-refractivity contribution is -0.126. The Balaban J connectivity index is 1.46. The molecule has 0 radical (unpaired) electrons. The van der Waals surface area contributed by atoms with Gasteiger partial charge in [0.15, 0.2) is 0 Å². The normalized spacial score (nSPS) is 44.4. The third-order valence-corrected chi connectivity index (χ3v) is 9.63. The minimum Gasteiger partial charge on any atom is -0.330 e. The summed E-state index contributed by atoms with van der Waals surface area (Å²) in [5.74, 6) is 3.83. The minimum atomic E-state index is 0.178. The molecule has 2 nitrogen and oxygen atoms in total. The Labute approximate surface area is 176 Å². The molecule has 3 fully saturated rings. The van der Waals surface area contributed by atoms with Crippen molar-refractivity contribution in [3.05, 3.63) is 47.7 Å². The second-order valence-corrected chi connectivity index (χ2v) is 11.1. The van der Waals surface area contributed by atoms with Crippen LogP contribution in [0.15, 0.2) is 42.1 Å². The Morgan fingerprint density at radius 3 is 2.48 bits per heavy atom.